The molecule has 8 heteroatoms. The fraction of sp³-hybridized carbons (Fsp3) is 0.294. The maximum atomic E-state index is 12.0. The molecule has 0 saturated heterocycles. The van der Waals surface area contributed by atoms with E-state index in [0.29, 0.717) is 0 Å². The normalized spacial score (nSPS) is 13.1. The molecular formula is C17H20N4O2S2. The van der Waals surface area contributed by atoms with Gasteiger partial charge in [-0.3, -0.25) is 0 Å². The number of fused-ring (bicyclic) bond motifs is 1. The molecule has 1 unspecified atom stereocenters. The van der Waals surface area contributed by atoms with E-state index in [0.717, 1.165) is 28.0 Å². The first kappa shape index (κ1) is 17.8. The van der Waals surface area contributed by atoms with Crippen LogP contribution in [0.15, 0.2) is 41.6 Å². The summed E-state index contributed by atoms with van der Waals surface area (Å²) in [5.74, 6) is 0.760. The van der Waals surface area contributed by atoms with Crippen molar-refractivity contribution >= 4 is 37.4 Å². The predicted octanol–water partition coefficient (Wildman–Crippen LogP) is 3.33. The average molecular weight is 377 g/mol. The van der Waals surface area contributed by atoms with Crippen molar-refractivity contribution in [1.82, 2.24) is 14.7 Å². The Hall–Kier alpha value is -2.03. The number of nitrogens with one attached hydrogen (secondary N) is 2. The minimum Gasteiger partial charge on any atom is -0.363 e. The van der Waals surface area contributed by atoms with Gasteiger partial charge in [-0.25, -0.2) is 23.1 Å². The third-order valence-electron chi connectivity index (χ3n) is 4.02. The van der Waals surface area contributed by atoms with E-state index >= 15 is 0 Å². The van der Waals surface area contributed by atoms with Crippen LogP contribution in [0.3, 0.4) is 0 Å². The highest BCUT2D eigenvalue weighted by Gasteiger charge is 2.15. The second-order valence-corrected chi connectivity index (χ2v) is 8.66. The van der Waals surface area contributed by atoms with Crippen LogP contribution in [0.4, 0.5) is 5.82 Å². The lowest BCUT2D eigenvalue weighted by molar-refractivity contribution is 0.588. The number of hydrogen-bond acceptors (Lipinski definition) is 6. The largest absolute Gasteiger partial charge is 0.363 e. The van der Waals surface area contributed by atoms with Gasteiger partial charge in [-0.2, -0.15) is 0 Å². The van der Waals surface area contributed by atoms with Crippen molar-refractivity contribution in [3.63, 3.8) is 0 Å². The number of nitrogens with zero attached hydrogens (tertiary/aromatic N) is 2. The predicted molar refractivity (Wildman–Crippen MR) is 102 cm³/mol. The summed E-state index contributed by atoms with van der Waals surface area (Å²) in [5.41, 5.74) is 0.869. The number of aromatic nitrogens is 2. The summed E-state index contributed by atoms with van der Waals surface area (Å²) in [7, 11) is -2.06. The van der Waals surface area contributed by atoms with Gasteiger partial charge in [-0.1, -0.05) is 19.1 Å². The van der Waals surface area contributed by atoms with Gasteiger partial charge >= 0.3 is 0 Å². The standard InChI is InChI=1S/C17H20N4O2S2/c1-4-13-9-15-16(19-10-20-17(15)24-13)21-11(2)12-6-5-7-14(8-12)25(22,23)18-3/h5-11,18H,4H2,1-3H3,(H,19,20,21). The Kier molecular flexibility index (Phi) is 5.03. The zero-order chi connectivity index (χ0) is 18.0. The van der Waals surface area contributed by atoms with Crippen LogP contribution in [0, 0.1) is 0 Å². The summed E-state index contributed by atoms with van der Waals surface area (Å²) in [6.07, 6.45) is 2.51. The maximum Gasteiger partial charge on any atom is 0.240 e. The Labute approximate surface area is 151 Å². The third-order valence-corrected chi connectivity index (χ3v) is 6.62. The summed E-state index contributed by atoms with van der Waals surface area (Å²) in [6.45, 7) is 4.09. The topological polar surface area (TPSA) is 84.0 Å². The molecule has 0 radical (unpaired) electrons. The molecule has 0 amide bonds. The Morgan fingerprint density at radius 2 is 2.04 bits per heavy atom. The molecule has 132 valence electrons. The van der Waals surface area contributed by atoms with Gasteiger partial charge in [0, 0.05) is 4.88 Å². The molecule has 1 atom stereocenters. The first-order valence-corrected chi connectivity index (χ1v) is 10.3. The van der Waals surface area contributed by atoms with Crippen molar-refractivity contribution in [2.24, 2.45) is 0 Å². The summed E-state index contributed by atoms with van der Waals surface area (Å²) in [4.78, 5) is 11.1. The molecule has 0 spiro atoms. The Morgan fingerprint density at radius 1 is 1.24 bits per heavy atom. The van der Waals surface area contributed by atoms with E-state index < -0.39 is 10.0 Å². The maximum absolute atomic E-state index is 12.0. The molecule has 0 bridgehead atoms. The van der Waals surface area contributed by atoms with E-state index in [4.69, 9.17) is 0 Å². The minimum atomic E-state index is -3.46. The molecule has 0 aliphatic carbocycles. The van der Waals surface area contributed by atoms with Crippen molar-refractivity contribution in [2.75, 3.05) is 12.4 Å². The molecule has 0 aliphatic heterocycles. The van der Waals surface area contributed by atoms with E-state index in [-0.39, 0.29) is 10.9 Å². The molecule has 2 heterocycles. The highest BCUT2D eigenvalue weighted by Crippen LogP contribution is 2.30. The van der Waals surface area contributed by atoms with Gasteiger partial charge in [0.15, 0.2) is 0 Å². The van der Waals surface area contributed by atoms with E-state index in [9.17, 15) is 8.42 Å². The van der Waals surface area contributed by atoms with E-state index in [2.05, 4.69) is 33.0 Å². The number of anilines is 1. The van der Waals surface area contributed by atoms with Crippen LogP contribution in [0.5, 0.6) is 0 Å². The van der Waals surface area contributed by atoms with Crippen molar-refractivity contribution in [3.8, 4) is 0 Å². The molecular weight excluding hydrogens is 356 g/mol. The molecule has 6 nitrogen and oxygen atoms in total. The molecule has 0 fully saturated rings. The van der Waals surface area contributed by atoms with Crippen molar-refractivity contribution in [2.45, 2.75) is 31.2 Å². The third kappa shape index (κ3) is 3.65. The van der Waals surface area contributed by atoms with Gasteiger partial charge in [0.05, 0.1) is 16.3 Å². The van der Waals surface area contributed by atoms with Crippen LogP contribution in [0.1, 0.15) is 30.3 Å². The molecule has 2 N–H and O–H groups in total. The Morgan fingerprint density at radius 3 is 2.76 bits per heavy atom. The van der Waals surface area contributed by atoms with Gasteiger partial charge in [-0.15, -0.1) is 11.3 Å². The van der Waals surface area contributed by atoms with Crippen molar-refractivity contribution in [3.05, 3.63) is 47.1 Å². The number of rotatable bonds is 6. The lowest BCUT2D eigenvalue weighted by atomic mass is 10.1. The monoisotopic (exact) mass is 376 g/mol. The fourth-order valence-electron chi connectivity index (χ4n) is 2.55. The quantitative estimate of drug-likeness (QED) is 0.689. The minimum absolute atomic E-state index is 0.102. The van der Waals surface area contributed by atoms with Crippen LogP contribution in [-0.2, 0) is 16.4 Å². The number of benzene rings is 1. The van der Waals surface area contributed by atoms with Gasteiger partial charge in [-0.05, 0) is 44.2 Å². The van der Waals surface area contributed by atoms with E-state index in [1.54, 1.807) is 35.9 Å². The molecule has 1 aromatic carbocycles. The van der Waals surface area contributed by atoms with Crippen LogP contribution in [0.25, 0.3) is 10.2 Å². The van der Waals surface area contributed by atoms with E-state index in [1.807, 2.05) is 13.0 Å². The Bertz CT molecular complexity index is 999. The molecule has 25 heavy (non-hydrogen) atoms. The zero-order valence-electron chi connectivity index (χ0n) is 14.3. The first-order chi connectivity index (χ1) is 11.9. The first-order valence-electron chi connectivity index (χ1n) is 7.98. The number of hydrogen-bond donors (Lipinski definition) is 2. The summed E-state index contributed by atoms with van der Waals surface area (Å²) in [6, 6.07) is 8.90. The van der Waals surface area contributed by atoms with Crippen LogP contribution >= 0.6 is 11.3 Å². The second-order valence-electron chi connectivity index (χ2n) is 5.65. The van der Waals surface area contributed by atoms with Crippen LogP contribution in [0.2, 0.25) is 0 Å². The molecule has 3 rings (SSSR count). The van der Waals surface area contributed by atoms with Crippen molar-refractivity contribution in [1.29, 1.82) is 0 Å². The van der Waals surface area contributed by atoms with Gasteiger partial charge in [0.2, 0.25) is 10.0 Å². The average Bonchev–Trinajstić information content (AvgIpc) is 3.06. The molecule has 0 aliphatic rings. The summed E-state index contributed by atoms with van der Waals surface area (Å²) in [5, 5.41) is 4.37. The van der Waals surface area contributed by atoms with Gasteiger partial charge in [0.25, 0.3) is 0 Å². The lowest BCUT2D eigenvalue weighted by Gasteiger charge is -2.16. The smallest absolute Gasteiger partial charge is 0.240 e. The highest BCUT2D eigenvalue weighted by atomic mass is 32.2. The number of sulfonamides is 1. The second kappa shape index (κ2) is 7.07. The lowest BCUT2D eigenvalue weighted by Crippen LogP contribution is -2.19. The summed E-state index contributed by atoms with van der Waals surface area (Å²) < 4.78 is 26.3. The molecule has 2 aromatic heterocycles. The Balaban J connectivity index is 1.92. The molecule has 3 aromatic rings. The van der Waals surface area contributed by atoms with Gasteiger partial charge in [0.1, 0.15) is 17.0 Å². The van der Waals surface area contributed by atoms with Crippen molar-refractivity contribution < 1.29 is 8.42 Å². The summed E-state index contributed by atoms with van der Waals surface area (Å²) >= 11 is 1.66. The number of thiophene rings is 1. The van der Waals surface area contributed by atoms with Crippen LogP contribution in [-0.4, -0.2) is 25.4 Å². The fourth-order valence-corrected chi connectivity index (χ4v) is 4.27. The zero-order valence-corrected chi connectivity index (χ0v) is 15.9. The number of aryl methyl sites for hydroxylation is 1. The van der Waals surface area contributed by atoms with Gasteiger partial charge < -0.3 is 5.32 Å². The highest BCUT2D eigenvalue weighted by molar-refractivity contribution is 7.89. The van der Waals surface area contributed by atoms with E-state index in [1.165, 1.54) is 11.9 Å². The molecule has 0 saturated carbocycles. The van der Waals surface area contributed by atoms with Crippen LogP contribution < -0.4 is 10.0 Å². The SMILES string of the molecule is CCc1cc2c(NC(C)c3cccc(S(=O)(=O)NC)c3)ncnc2s1.